The van der Waals surface area contributed by atoms with Crippen LogP contribution in [0.15, 0.2) is 53.0 Å². The van der Waals surface area contributed by atoms with E-state index in [1.165, 1.54) is 18.2 Å². The molecule has 27 heavy (non-hydrogen) atoms. The van der Waals surface area contributed by atoms with Crippen molar-refractivity contribution in [3.05, 3.63) is 70.8 Å². The lowest BCUT2D eigenvalue weighted by Gasteiger charge is -2.29. The molecule has 0 atom stereocenters. The Bertz CT molecular complexity index is 1010. The topological polar surface area (TPSA) is 46.3 Å². The normalized spacial score (nSPS) is 15.7. The predicted octanol–water partition coefficient (Wildman–Crippen LogP) is 5.04. The third-order valence-corrected chi connectivity index (χ3v) is 5.07. The van der Waals surface area contributed by atoms with Gasteiger partial charge in [0.1, 0.15) is 11.3 Å². The van der Waals surface area contributed by atoms with Gasteiger partial charge < -0.3 is 9.32 Å². The molecule has 0 saturated carbocycles. The molecule has 4 rings (SSSR count). The Morgan fingerprint density at radius 1 is 1.22 bits per heavy atom. The maximum Gasteiger partial charge on any atom is 0.246 e. The molecule has 1 fully saturated rings. The van der Waals surface area contributed by atoms with Gasteiger partial charge in [-0.2, -0.15) is 0 Å². The number of hydrogen-bond donors (Lipinski definition) is 0. The van der Waals surface area contributed by atoms with Crippen LogP contribution in [0.4, 0.5) is 4.39 Å². The number of likely N-dealkylation sites (tertiary alicyclic amines) is 1. The summed E-state index contributed by atoms with van der Waals surface area (Å²) in [6.45, 7) is 1.23. The van der Waals surface area contributed by atoms with Gasteiger partial charge in [0, 0.05) is 35.7 Å². The highest BCUT2D eigenvalue weighted by molar-refractivity contribution is 6.31. The van der Waals surface area contributed by atoms with Gasteiger partial charge in [-0.1, -0.05) is 29.8 Å². The van der Waals surface area contributed by atoms with E-state index < -0.39 is 0 Å². The third-order valence-electron chi connectivity index (χ3n) is 4.83. The number of carbonyl (C=O) groups is 1. The van der Waals surface area contributed by atoms with Crippen LogP contribution >= 0.6 is 11.6 Å². The molecule has 2 aromatic carbocycles. The van der Waals surface area contributed by atoms with E-state index in [0.29, 0.717) is 29.6 Å². The molecule has 0 unspecified atom stereocenters. The molecule has 4 nitrogen and oxygen atoms in total. The monoisotopic (exact) mass is 384 g/mol. The molecular formula is C21H18ClFN2O2. The zero-order valence-corrected chi connectivity index (χ0v) is 15.3. The van der Waals surface area contributed by atoms with E-state index in [1.54, 1.807) is 35.2 Å². The number of nitrogens with zero attached hydrogens (tertiary/aromatic N) is 2. The molecule has 3 aromatic rings. The van der Waals surface area contributed by atoms with E-state index in [-0.39, 0.29) is 17.6 Å². The lowest BCUT2D eigenvalue weighted by molar-refractivity contribution is -0.127. The van der Waals surface area contributed by atoms with Crippen molar-refractivity contribution in [1.29, 1.82) is 0 Å². The summed E-state index contributed by atoms with van der Waals surface area (Å²) in [5, 5.41) is 0.629. The van der Waals surface area contributed by atoms with Crippen molar-refractivity contribution in [2.45, 2.75) is 18.8 Å². The predicted molar refractivity (Wildman–Crippen MR) is 103 cm³/mol. The zero-order valence-electron chi connectivity index (χ0n) is 14.6. The second-order valence-corrected chi connectivity index (χ2v) is 7.05. The first-order chi connectivity index (χ1) is 13.1. The molecule has 1 aliphatic heterocycles. The van der Waals surface area contributed by atoms with E-state index in [4.69, 9.17) is 16.0 Å². The maximum absolute atomic E-state index is 13.6. The van der Waals surface area contributed by atoms with Gasteiger partial charge in [0.25, 0.3) is 0 Å². The molecule has 0 spiro atoms. The highest BCUT2D eigenvalue weighted by atomic mass is 35.5. The first-order valence-corrected chi connectivity index (χ1v) is 9.25. The SMILES string of the molecule is O=C(C=Cc1ccccc1F)N1CCC(c2nc3cc(Cl)ccc3o2)CC1. The number of halogens is 2. The van der Waals surface area contributed by atoms with Crippen LogP contribution in [0.25, 0.3) is 17.2 Å². The number of piperidine rings is 1. The molecule has 138 valence electrons. The Morgan fingerprint density at radius 2 is 2.00 bits per heavy atom. The number of carbonyl (C=O) groups excluding carboxylic acids is 1. The number of fused-ring (bicyclic) bond motifs is 1. The Labute approximate surface area is 161 Å². The van der Waals surface area contributed by atoms with Gasteiger partial charge in [-0.25, -0.2) is 9.37 Å². The molecule has 6 heteroatoms. The van der Waals surface area contributed by atoms with Gasteiger partial charge in [-0.15, -0.1) is 0 Å². The van der Waals surface area contributed by atoms with E-state index in [0.717, 1.165) is 23.9 Å². The van der Waals surface area contributed by atoms with E-state index in [1.807, 2.05) is 6.07 Å². The number of aromatic nitrogens is 1. The molecule has 0 bridgehead atoms. The Hall–Kier alpha value is -2.66. The van der Waals surface area contributed by atoms with Crippen molar-refractivity contribution in [2.75, 3.05) is 13.1 Å². The second-order valence-electron chi connectivity index (χ2n) is 6.62. The molecule has 1 amide bonds. The van der Waals surface area contributed by atoms with Crippen molar-refractivity contribution in [3.63, 3.8) is 0 Å². The van der Waals surface area contributed by atoms with Crippen LogP contribution in [-0.4, -0.2) is 28.9 Å². The number of amides is 1. The zero-order chi connectivity index (χ0) is 18.8. The fourth-order valence-electron chi connectivity index (χ4n) is 3.32. The van der Waals surface area contributed by atoms with Crippen molar-refractivity contribution in [3.8, 4) is 0 Å². The van der Waals surface area contributed by atoms with Crippen LogP contribution < -0.4 is 0 Å². The molecule has 0 radical (unpaired) electrons. The lowest BCUT2D eigenvalue weighted by Crippen LogP contribution is -2.36. The van der Waals surface area contributed by atoms with E-state index in [9.17, 15) is 9.18 Å². The molecule has 2 heterocycles. The minimum atomic E-state index is -0.337. The first-order valence-electron chi connectivity index (χ1n) is 8.87. The maximum atomic E-state index is 13.6. The molecule has 1 aromatic heterocycles. The molecule has 0 N–H and O–H groups in total. The summed E-state index contributed by atoms with van der Waals surface area (Å²) >= 11 is 6.00. The van der Waals surface area contributed by atoms with Crippen LogP contribution in [0.5, 0.6) is 0 Å². The Kier molecular flexibility index (Phi) is 4.94. The van der Waals surface area contributed by atoms with Gasteiger partial charge in [-0.05, 0) is 43.2 Å². The summed E-state index contributed by atoms with van der Waals surface area (Å²) < 4.78 is 19.5. The smallest absolute Gasteiger partial charge is 0.246 e. The van der Waals surface area contributed by atoms with Crippen molar-refractivity contribution >= 4 is 34.7 Å². The Balaban J connectivity index is 1.39. The standard InChI is InChI=1S/C21H18ClFN2O2/c22-16-6-7-19-18(13-16)24-21(27-19)15-9-11-25(12-10-15)20(26)8-5-14-3-1-2-4-17(14)23/h1-8,13,15H,9-12H2. The molecule has 0 aliphatic carbocycles. The number of oxazole rings is 1. The number of benzene rings is 2. The minimum Gasteiger partial charge on any atom is -0.440 e. The summed E-state index contributed by atoms with van der Waals surface area (Å²) in [6.07, 6.45) is 4.51. The van der Waals surface area contributed by atoms with Crippen LogP contribution in [0, 0.1) is 5.82 Å². The Morgan fingerprint density at radius 3 is 2.78 bits per heavy atom. The molecule has 1 saturated heterocycles. The van der Waals surface area contributed by atoms with Crippen molar-refractivity contribution in [2.24, 2.45) is 0 Å². The summed E-state index contributed by atoms with van der Waals surface area (Å²) in [7, 11) is 0. The van der Waals surface area contributed by atoms with Crippen LogP contribution in [-0.2, 0) is 4.79 Å². The van der Waals surface area contributed by atoms with E-state index in [2.05, 4.69) is 4.98 Å². The van der Waals surface area contributed by atoms with Gasteiger partial charge in [0.05, 0.1) is 0 Å². The number of hydrogen-bond acceptors (Lipinski definition) is 3. The van der Waals surface area contributed by atoms with Gasteiger partial charge in [0.2, 0.25) is 5.91 Å². The van der Waals surface area contributed by atoms with E-state index >= 15 is 0 Å². The van der Waals surface area contributed by atoms with Crippen LogP contribution in [0.1, 0.15) is 30.2 Å². The average Bonchev–Trinajstić information content (AvgIpc) is 3.10. The van der Waals surface area contributed by atoms with Crippen molar-refractivity contribution < 1.29 is 13.6 Å². The fourth-order valence-corrected chi connectivity index (χ4v) is 3.48. The summed E-state index contributed by atoms with van der Waals surface area (Å²) in [5.74, 6) is 0.425. The van der Waals surface area contributed by atoms with Gasteiger partial charge in [-0.3, -0.25) is 4.79 Å². The van der Waals surface area contributed by atoms with Crippen molar-refractivity contribution in [1.82, 2.24) is 9.88 Å². The van der Waals surface area contributed by atoms with Gasteiger partial charge >= 0.3 is 0 Å². The highest BCUT2D eigenvalue weighted by Gasteiger charge is 2.26. The highest BCUT2D eigenvalue weighted by Crippen LogP contribution is 2.30. The third kappa shape index (κ3) is 3.88. The molecular weight excluding hydrogens is 367 g/mol. The number of rotatable bonds is 3. The summed E-state index contributed by atoms with van der Waals surface area (Å²) in [4.78, 5) is 18.7. The minimum absolute atomic E-state index is 0.110. The summed E-state index contributed by atoms with van der Waals surface area (Å²) in [6, 6.07) is 11.8. The fraction of sp³-hybridized carbons (Fsp3) is 0.238. The average molecular weight is 385 g/mol. The lowest BCUT2D eigenvalue weighted by atomic mass is 9.96. The second kappa shape index (κ2) is 7.53. The quantitative estimate of drug-likeness (QED) is 0.594. The van der Waals surface area contributed by atoms with Crippen LogP contribution in [0.3, 0.4) is 0 Å². The largest absolute Gasteiger partial charge is 0.440 e. The summed E-state index contributed by atoms with van der Waals surface area (Å²) in [5.41, 5.74) is 1.88. The molecule has 1 aliphatic rings. The first kappa shape index (κ1) is 17.7. The van der Waals surface area contributed by atoms with Gasteiger partial charge in [0.15, 0.2) is 11.5 Å². The van der Waals surface area contributed by atoms with Crippen LogP contribution in [0.2, 0.25) is 5.02 Å².